The molecular formula is C14H16N4O4. The standard InChI is InChI=1S/C14H16N4O4/c1-17-10-4-3-9(6-8(10)2-5-12(17)16-21)18-7-11(13(15)19)22-14(18)20/h3-4,6,11,21H,2,5,7H2,1H3,(H2,15,19)/b16-12+. The van der Waals surface area contributed by atoms with Gasteiger partial charge in [0.15, 0.2) is 6.10 Å². The summed E-state index contributed by atoms with van der Waals surface area (Å²) in [6.07, 6.45) is -0.183. The van der Waals surface area contributed by atoms with Gasteiger partial charge < -0.3 is 20.6 Å². The molecule has 2 aliphatic heterocycles. The van der Waals surface area contributed by atoms with E-state index in [1.54, 1.807) is 11.0 Å². The number of amides is 2. The zero-order valence-corrected chi connectivity index (χ0v) is 12.0. The van der Waals surface area contributed by atoms with Gasteiger partial charge in [-0.3, -0.25) is 9.69 Å². The molecule has 0 aromatic heterocycles. The van der Waals surface area contributed by atoms with Gasteiger partial charge in [-0.15, -0.1) is 0 Å². The fourth-order valence-electron chi connectivity index (χ4n) is 2.76. The molecule has 8 heteroatoms. The van der Waals surface area contributed by atoms with Crippen LogP contribution in [0.3, 0.4) is 0 Å². The number of oxime groups is 1. The van der Waals surface area contributed by atoms with Gasteiger partial charge in [-0.2, -0.15) is 0 Å². The van der Waals surface area contributed by atoms with Gasteiger partial charge in [0.1, 0.15) is 5.84 Å². The molecule has 116 valence electrons. The molecule has 2 amide bonds. The van der Waals surface area contributed by atoms with Crippen molar-refractivity contribution >= 4 is 29.2 Å². The van der Waals surface area contributed by atoms with Gasteiger partial charge in [0.2, 0.25) is 0 Å². The van der Waals surface area contributed by atoms with Gasteiger partial charge in [-0.05, 0) is 30.2 Å². The predicted molar refractivity (Wildman–Crippen MR) is 79.2 cm³/mol. The summed E-state index contributed by atoms with van der Waals surface area (Å²) in [5, 5.41) is 12.2. The third-order valence-electron chi connectivity index (χ3n) is 3.99. The normalized spacial score (nSPS) is 22.7. The molecule has 0 radical (unpaired) electrons. The Bertz CT molecular complexity index is 673. The van der Waals surface area contributed by atoms with Crippen molar-refractivity contribution in [1.29, 1.82) is 0 Å². The van der Waals surface area contributed by atoms with Crippen LogP contribution >= 0.6 is 0 Å². The molecule has 1 saturated heterocycles. The molecular weight excluding hydrogens is 288 g/mol. The van der Waals surface area contributed by atoms with Crippen LogP contribution in [0.15, 0.2) is 23.4 Å². The topological polar surface area (TPSA) is 108 Å². The average Bonchev–Trinajstić information content (AvgIpc) is 2.89. The molecule has 1 atom stereocenters. The number of hydrogen-bond acceptors (Lipinski definition) is 5. The summed E-state index contributed by atoms with van der Waals surface area (Å²) in [5.74, 6) is -0.0630. The quantitative estimate of drug-likeness (QED) is 0.616. The Morgan fingerprint density at radius 3 is 2.86 bits per heavy atom. The van der Waals surface area contributed by atoms with Gasteiger partial charge in [0, 0.05) is 24.8 Å². The second-order valence-electron chi connectivity index (χ2n) is 5.27. The number of amidine groups is 1. The van der Waals surface area contributed by atoms with Crippen molar-refractivity contribution in [2.24, 2.45) is 10.9 Å². The zero-order chi connectivity index (χ0) is 15.9. The second-order valence-corrected chi connectivity index (χ2v) is 5.27. The third kappa shape index (κ3) is 2.22. The first kappa shape index (κ1) is 14.2. The lowest BCUT2D eigenvalue weighted by molar-refractivity contribution is -0.124. The highest BCUT2D eigenvalue weighted by molar-refractivity contribution is 6.00. The van der Waals surface area contributed by atoms with E-state index < -0.39 is 18.1 Å². The van der Waals surface area contributed by atoms with Crippen LogP contribution in [0.1, 0.15) is 12.0 Å². The first-order valence-electron chi connectivity index (χ1n) is 6.86. The molecule has 8 nitrogen and oxygen atoms in total. The summed E-state index contributed by atoms with van der Waals surface area (Å²) in [6, 6.07) is 5.49. The largest absolute Gasteiger partial charge is 0.434 e. The van der Waals surface area contributed by atoms with Crippen molar-refractivity contribution in [2.75, 3.05) is 23.4 Å². The number of carbonyl (C=O) groups is 2. The minimum absolute atomic E-state index is 0.117. The number of nitrogens with two attached hydrogens (primary N) is 1. The van der Waals surface area contributed by atoms with Crippen molar-refractivity contribution in [3.8, 4) is 0 Å². The van der Waals surface area contributed by atoms with E-state index in [9.17, 15) is 9.59 Å². The predicted octanol–water partition coefficient (Wildman–Crippen LogP) is 0.667. The lowest BCUT2D eigenvalue weighted by Gasteiger charge is -2.29. The van der Waals surface area contributed by atoms with E-state index >= 15 is 0 Å². The van der Waals surface area contributed by atoms with E-state index in [1.807, 2.05) is 19.2 Å². The van der Waals surface area contributed by atoms with E-state index in [0.29, 0.717) is 24.4 Å². The number of rotatable bonds is 2. The van der Waals surface area contributed by atoms with Crippen LogP contribution in [0.5, 0.6) is 0 Å². The number of nitrogens with zero attached hydrogens (tertiary/aromatic N) is 3. The maximum atomic E-state index is 11.9. The number of hydrogen-bond donors (Lipinski definition) is 2. The number of ether oxygens (including phenoxy) is 1. The highest BCUT2D eigenvalue weighted by Gasteiger charge is 2.36. The van der Waals surface area contributed by atoms with E-state index in [-0.39, 0.29) is 6.54 Å². The van der Waals surface area contributed by atoms with Crippen molar-refractivity contribution < 1.29 is 19.5 Å². The van der Waals surface area contributed by atoms with Crippen LogP contribution in [0.2, 0.25) is 0 Å². The molecule has 0 bridgehead atoms. The van der Waals surface area contributed by atoms with E-state index in [1.165, 1.54) is 4.90 Å². The molecule has 1 aromatic carbocycles. The Morgan fingerprint density at radius 2 is 2.23 bits per heavy atom. The van der Waals surface area contributed by atoms with Gasteiger partial charge in [0.25, 0.3) is 5.91 Å². The lowest BCUT2D eigenvalue weighted by Crippen LogP contribution is -2.33. The van der Waals surface area contributed by atoms with Gasteiger partial charge in [0.05, 0.1) is 6.54 Å². The lowest BCUT2D eigenvalue weighted by atomic mass is 10.0. The van der Waals surface area contributed by atoms with Crippen LogP contribution in [0, 0.1) is 0 Å². The number of primary amides is 1. The average molecular weight is 304 g/mol. The first-order chi connectivity index (χ1) is 10.5. The molecule has 22 heavy (non-hydrogen) atoms. The number of fused-ring (bicyclic) bond motifs is 1. The van der Waals surface area contributed by atoms with Crippen LogP contribution in [-0.2, 0) is 16.0 Å². The first-order valence-corrected chi connectivity index (χ1v) is 6.86. The molecule has 1 unspecified atom stereocenters. The van der Waals surface area contributed by atoms with Crippen molar-refractivity contribution in [3.63, 3.8) is 0 Å². The molecule has 3 rings (SSSR count). The summed E-state index contributed by atoms with van der Waals surface area (Å²) in [4.78, 5) is 26.2. The summed E-state index contributed by atoms with van der Waals surface area (Å²) in [5.41, 5.74) is 7.78. The van der Waals surface area contributed by atoms with Crippen LogP contribution in [0.25, 0.3) is 0 Å². The molecule has 0 saturated carbocycles. The van der Waals surface area contributed by atoms with Crippen LogP contribution in [0.4, 0.5) is 16.2 Å². The molecule has 0 aliphatic carbocycles. The monoisotopic (exact) mass is 304 g/mol. The smallest absolute Gasteiger partial charge is 0.415 e. The van der Waals surface area contributed by atoms with Crippen molar-refractivity contribution in [1.82, 2.24) is 0 Å². The molecule has 2 heterocycles. The number of anilines is 2. The Morgan fingerprint density at radius 1 is 1.45 bits per heavy atom. The Hall–Kier alpha value is -2.77. The summed E-state index contributed by atoms with van der Waals surface area (Å²) < 4.78 is 4.94. The maximum Gasteiger partial charge on any atom is 0.415 e. The van der Waals surface area contributed by atoms with E-state index in [4.69, 9.17) is 15.7 Å². The highest BCUT2D eigenvalue weighted by Crippen LogP contribution is 2.32. The van der Waals surface area contributed by atoms with Crippen molar-refractivity contribution in [2.45, 2.75) is 18.9 Å². The van der Waals surface area contributed by atoms with Gasteiger partial charge in [-0.1, -0.05) is 5.16 Å². The van der Waals surface area contributed by atoms with Gasteiger partial charge in [-0.25, -0.2) is 4.79 Å². The maximum absolute atomic E-state index is 11.9. The van der Waals surface area contributed by atoms with E-state index in [2.05, 4.69) is 5.16 Å². The minimum Gasteiger partial charge on any atom is -0.434 e. The minimum atomic E-state index is -0.917. The SMILES string of the molecule is CN1/C(=N/O)CCc2cc(N3CC(C(N)=O)OC3=O)ccc21. The Balaban J connectivity index is 1.89. The molecule has 2 aliphatic rings. The Kier molecular flexibility index (Phi) is 3.36. The summed E-state index contributed by atoms with van der Waals surface area (Å²) in [6.45, 7) is 0.117. The highest BCUT2D eigenvalue weighted by atomic mass is 16.6. The number of cyclic esters (lactones) is 1. The molecule has 1 fully saturated rings. The number of carbonyl (C=O) groups excluding carboxylic acids is 2. The molecule has 1 aromatic rings. The second kappa shape index (κ2) is 5.21. The molecule has 3 N–H and O–H groups in total. The number of aryl methyl sites for hydroxylation is 1. The van der Waals surface area contributed by atoms with Gasteiger partial charge >= 0.3 is 6.09 Å². The summed E-state index contributed by atoms with van der Waals surface area (Å²) in [7, 11) is 1.82. The van der Waals surface area contributed by atoms with E-state index in [0.717, 1.165) is 11.3 Å². The zero-order valence-electron chi connectivity index (χ0n) is 12.0. The fourth-order valence-corrected chi connectivity index (χ4v) is 2.76. The summed E-state index contributed by atoms with van der Waals surface area (Å²) >= 11 is 0. The fraction of sp³-hybridized carbons (Fsp3) is 0.357. The molecule has 0 spiro atoms. The Labute approximate surface area is 126 Å². The van der Waals surface area contributed by atoms with Crippen LogP contribution in [-0.4, -0.2) is 42.7 Å². The third-order valence-corrected chi connectivity index (χ3v) is 3.99. The van der Waals surface area contributed by atoms with Crippen molar-refractivity contribution in [3.05, 3.63) is 23.8 Å². The van der Waals surface area contributed by atoms with Crippen LogP contribution < -0.4 is 15.5 Å². The number of benzene rings is 1.